The molecule has 4 amide bonds. The van der Waals surface area contributed by atoms with Crippen LogP contribution < -0.4 is 38.5 Å². The van der Waals surface area contributed by atoms with Crippen molar-refractivity contribution in [2.45, 2.75) is 76.2 Å². The Morgan fingerprint density at radius 2 is 1.19 bits per heavy atom. The van der Waals surface area contributed by atoms with Gasteiger partial charge in [0.1, 0.15) is 24.2 Å². The minimum atomic E-state index is -1.78. The van der Waals surface area contributed by atoms with E-state index in [-0.39, 0.29) is 37.7 Å². The lowest BCUT2D eigenvalue weighted by Gasteiger charge is -2.26. The lowest BCUT2D eigenvalue weighted by atomic mass is 10.0. The van der Waals surface area contributed by atoms with Crippen molar-refractivity contribution in [3.8, 4) is 0 Å². The van der Waals surface area contributed by atoms with Gasteiger partial charge in [-0.15, -0.1) is 0 Å². The second-order valence-corrected chi connectivity index (χ2v) is 9.65. The third-order valence-corrected chi connectivity index (χ3v) is 5.46. The van der Waals surface area contributed by atoms with Crippen LogP contribution in [0, 0.1) is 5.92 Å². The Bertz CT molecular complexity index is 1020. The Kier molecular flexibility index (Phi) is 16.7. The molecule has 0 aliphatic carbocycles. The number of guanidine groups is 1. The third-order valence-electron chi connectivity index (χ3n) is 5.46. The van der Waals surface area contributed by atoms with E-state index in [1.165, 1.54) is 0 Å². The molecule has 0 unspecified atom stereocenters. The summed E-state index contributed by atoms with van der Waals surface area (Å²) in [6, 6.07) is -7.73. The molecule has 0 aromatic rings. The highest BCUT2D eigenvalue weighted by Crippen LogP contribution is 2.09. The Labute approximate surface area is 240 Å². The maximum atomic E-state index is 13.2. The number of carbonyl (C=O) groups is 7. The fourth-order valence-electron chi connectivity index (χ4n) is 3.42. The number of hydrogen-bond acceptors (Lipinski definition) is 10. The van der Waals surface area contributed by atoms with Crippen LogP contribution in [-0.2, 0) is 33.6 Å². The Balaban J connectivity index is 5.92. The van der Waals surface area contributed by atoms with E-state index in [4.69, 9.17) is 32.5 Å². The number of carbonyl (C=O) groups excluding carboxylic acids is 4. The van der Waals surface area contributed by atoms with Crippen molar-refractivity contribution < 1.29 is 54.0 Å². The normalized spacial score (nSPS) is 14.3. The summed E-state index contributed by atoms with van der Waals surface area (Å²) >= 11 is 0. The van der Waals surface area contributed by atoms with Crippen LogP contribution in [0.2, 0.25) is 0 Å². The number of aliphatic hydroxyl groups excluding tert-OH is 1. The van der Waals surface area contributed by atoms with E-state index in [1.54, 1.807) is 13.8 Å². The highest BCUT2D eigenvalue weighted by Gasteiger charge is 2.33. The molecule has 19 nitrogen and oxygen atoms in total. The molecule has 14 N–H and O–H groups in total. The van der Waals surface area contributed by atoms with Crippen LogP contribution in [0.5, 0.6) is 0 Å². The molecule has 0 saturated heterocycles. The van der Waals surface area contributed by atoms with Crippen molar-refractivity contribution in [2.24, 2.45) is 28.1 Å². The number of rotatable bonds is 20. The summed E-state index contributed by atoms with van der Waals surface area (Å²) in [5.41, 5.74) is 16.1. The van der Waals surface area contributed by atoms with Gasteiger partial charge in [-0.1, -0.05) is 13.8 Å². The van der Waals surface area contributed by atoms with Crippen LogP contribution in [-0.4, -0.2) is 111 Å². The number of carboxylic acid groups (broad SMARTS) is 3. The van der Waals surface area contributed by atoms with Crippen molar-refractivity contribution in [3.05, 3.63) is 0 Å². The van der Waals surface area contributed by atoms with E-state index in [9.17, 15) is 38.7 Å². The number of aliphatic imine (C=N–C) groups is 1. The zero-order valence-electron chi connectivity index (χ0n) is 23.2. The van der Waals surface area contributed by atoms with Crippen molar-refractivity contribution in [2.75, 3.05) is 13.2 Å². The van der Waals surface area contributed by atoms with Crippen LogP contribution in [0.25, 0.3) is 0 Å². The first-order valence-electron chi connectivity index (χ1n) is 12.8. The van der Waals surface area contributed by atoms with Gasteiger partial charge in [0.2, 0.25) is 23.6 Å². The molecule has 0 rings (SSSR count). The Hall–Kier alpha value is -4.52. The quantitative estimate of drug-likeness (QED) is 0.0354. The smallest absolute Gasteiger partial charge is 0.328 e. The van der Waals surface area contributed by atoms with Gasteiger partial charge in [-0.2, -0.15) is 0 Å². The summed E-state index contributed by atoms with van der Waals surface area (Å²) in [5.74, 6) is -8.97. The third kappa shape index (κ3) is 15.3. The van der Waals surface area contributed by atoms with E-state index in [1.807, 2.05) is 5.32 Å². The number of nitrogens with one attached hydrogen (secondary N) is 4. The minimum absolute atomic E-state index is 0.0133. The molecule has 0 spiro atoms. The van der Waals surface area contributed by atoms with Gasteiger partial charge in [0.25, 0.3) is 0 Å². The zero-order valence-corrected chi connectivity index (χ0v) is 23.2. The van der Waals surface area contributed by atoms with E-state index in [0.29, 0.717) is 0 Å². The highest BCUT2D eigenvalue weighted by atomic mass is 16.4. The molecule has 0 aliphatic rings. The van der Waals surface area contributed by atoms with Crippen molar-refractivity contribution in [1.29, 1.82) is 0 Å². The number of amides is 4. The van der Waals surface area contributed by atoms with Gasteiger partial charge in [-0.05, 0) is 25.2 Å². The van der Waals surface area contributed by atoms with Crippen molar-refractivity contribution in [1.82, 2.24) is 21.3 Å². The summed E-state index contributed by atoms with van der Waals surface area (Å²) in [6.07, 6.45) is -1.59. The summed E-state index contributed by atoms with van der Waals surface area (Å²) in [7, 11) is 0. The fraction of sp³-hybridized carbons (Fsp3) is 0.652. The maximum Gasteiger partial charge on any atom is 0.328 e. The van der Waals surface area contributed by atoms with Gasteiger partial charge in [0, 0.05) is 6.54 Å². The van der Waals surface area contributed by atoms with Gasteiger partial charge in [0.15, 0.2) is 5.96 Å². The highest BCUT2D eigenvalue weighted by molar-refractivity contribution is 5.96. The SMILES string of the molecule is CC(C)C[C@H](NC(=O)[C@H](CCCN=C(N)N)NC(=O)[C@@H](N)CC(=O)O)C(=O)N[C@@H](CC(=O)O)C(=O)N[C@@H](CO)C(=O)O. The average molecular weight is 605 g/mol. The minimum Gasteiger partial charge on any atom is -0.481 e. The molecule has 42 heavy (non-hydrogen) atoms. The van der Waals surface area contributed by atoms with Gasteiger partial charge < -0.3 is 58.9 Å². The Morgan fingerprint density at radius 3 is 1.67 bits per heavy atom. The molecule has 0 radical (unpaired) electrons. The number of hydrogen-bond donors (Lipinski definition) is 11. The molecule has 5 atom stereocenters. The van der Waals surface area contributed by atoms with Gasteiger partial charge >= 0.3 is 17.9 Å². The molecule has 0 bridgehead atoms. The fourth-order valence-corrected chi connectivity index (χ4v) is 3.42. The maximum absolute atomic E-state index is 13.2. The van der Waals surface area contributed by atoms with Crippen LogP contribution in [0.15, 0.2) is 4.99 Å². The molecular weight excluding hydrogens is 564 g/mol. The van der Waals surface area contributed by atoms with E-state index in [2.05, 4.69) is 20.9 Å². The van der Waals surface area contributed by atoms with Crippen molar-refractivity contribution in [3.63, 3.8) is 0 Å². The Morgan fingerprint density at radius 1 is 0.714 bits per heavy atom. The predicted molar refractivity (Wildman–Crippen MR) is 144 cm³/mol. The van der Waals surface area contributed by atoms with Crippen LogP contribution in [0.1, 0.15) is 46.0 Å². The summed E-state index contributed by atoms with van der Waals surface area (Å²) in [5, 5.41) is 45.1. The molecule has 0 aromatic heterocycles. The van der Waals surface area contributed by atoms with Crippen LogP contribution >= 0.6 is 0 Å². The molecule has 19 heteroatoms. The van der Waals surface area contributed by atoms with Gasteiger partial charge in [0.05, 0.1) is 25.5 Å². The zero-order chi connectivity index (χ0) is 32.6. The number of carboxylic acids is 3. The topological polar surface area (TPSA) is 339 Å². The second kappa shape index (κ2) is 18.8. The molecule has 0 saturated carbocycles. The number of aliphatic hydroxyl groups is 1. The molecule has 0 aliphatic heterocycles. The average Bonchev–Trinajstić information content (AvgIpc) is 2.86. The van der Waals surface area contributed by atoms with E-state index >= 15 is 0 Å². The molecule has 238 valence electrons. The van der Waals surface area contributed by atoms with Crippen LogP contribution in [0.3, 0.4) is 0 Å². The summed E-state index contributed by atoms with van der Waals surface area (Å²) < 4.78 is 0. The first-order chi connectivity index (χ1) is 19.5. The lowest BCUT2D eigenvalue weighted by Crippen LogP contribution is -2.59. The van der Waals surface area contributed by atoms with Gasteiger partial charge in [-0.3, -0.25) is 33.8 Å². The van der Waals surface area contributed by atoms with Crippen molar-refractivity contribution >= 4 is 47.5 Å². The molecule has 0 heterocycles. The lowest BCUT2D eigenvalue weighted by molar-refractivity contribution is -0.144. The number of aliphatic carboxylic acids is 3. The number of nitrogens with two attached hydrogens (primary N) is 3. The van der Waals surface area contributed by atoms with E-state index in [0.717, 1.165) is 0 Å². The molecule has 0 fully saturated rings. The molecular formula is C23H40N8O11. The summed E-state index contributed by atoms with van der Waals surface area (Å²) in [4.78, 5) is 88.4. The van der Waals surface area contributed by atoms with Crippen LogP contribution in [0.4, 0.5) is 0 Å². The van der Waals surface area contributed by atoms with Gasteiger partial charge in [-0.25, -0.2) is 4.79 Å². The summed E-state index contributed by atoms with van der Waals surface area (Å²) in [6.45, 7) is 2.46. The number of nitrogens with zero attached hydrogens (tertiary/aromatic N) is 1. The predicted octanol–water partition coefficient (Wildman–Crippen LogP) is -4.62. The largest absolute Gasteiger partial charge is 0.481 e. The van der Waals surface area contributed by atoms with E-state index < -0.39 is 91.2 Å². The molecule has 0 aromatic carbocycles. The first kappa shape index (κ1) is 37.5. The first-order valence-corrected chi connectivity index (χ1v) is 12.8. The second-order valence-electron chi connectivity index (χ2n) is 9.65. The standard InChI is InChI=1S/C23H40N8O11/c1-10(2)6-13(20(39)30-14(8-17(35)36)21(40)31-15(9-32)22(41)42)29-19(38)12(4-3-5-27-23(25)26)28-18(37)11(24)7-16(33)34/h10-15,32H,3-9,24H2,1-2H3,(H,28,37)(H,29,38)(H,30,39)(H,31,40)(H,33,34)(H,35,36)(H,41,42)(H4,25,26,27)/t11-,12-,13-,14-,15-/m0/s1. The monoisotopic (exact) mass is 604 g/mol.